The van der Waals surface area contributed by atoms with Crippen LogP contribution in [0.15, 0.2) is 41.0 Å². The zero-order valence-corrected chi connectivity index (χ0v) is 16.7. The average molecular weight is 443 g/mol. The molecule has 1 atom stereocenters. The third-order valence-corrected chi connectivity index (χ3v) is 5.44. The lowest BCUT2D eigenvalue weighted by Crippen LogP contribution is -2.47. The van der Waals surface area contributed by atoms with Crippen molar-refractivity contribution in [3.63, 3.8) is 0 Å². The highest BCUT2D eigenvalue weighted by molar-refractivity contribution is 9.10. The fourth-order valence-corrected chi connectivity index (χ4v) is 3.59. The van der Waals surface area contributed by atoms with Crippen LogP contribution >= 0.6 is 15.9 Å². The normalized spacial score (nSPS) is 18.5. The molecule has 2 heterocycles. The number of anilines is 1. The number of hydrogen-bond acceptors (Lipinski definition) is 4. The van der Waals surface area contributed by atoms with Crippen molar-refractivity contribution in [1.29, 1.82) is 0 Å². The van der Waals surface area contributed by atoms with Gasteiger partial charge in [0.05, 0.1) is 0 Å². The van der Waals surface area contributed by atoms with Gasteiger partial charge in [0.15, 0.2) is 0 Å². The van der Waals surface area contributed by atoms with Crippen molar-refractivity contribution >= 4 is 21.9 Å². The van der Waals surface area contributed by atoms with Crippen molar-refractivity contribution in [1.82, 2.24) is 14.9 Å². The van der Waals surface area contributed by atoms with Gasteiger partial charge >= 0.3 is 6.18 Å². The Bertz CT molecular complexity index is 751. The molecule has 0 radical (unpaired) electrons. The SMILES string of the molecule is CN(c1nccc(C(F)(F)F)n1)C1CCCN(CCc2ccc(Br)cc2)C1. The van der Waals surface area contributed by atoms with Gasteiger partial charge in [-0.3, -0.25) is 0 Å². The second-order valence-corrected chi connectivity index (χ2v) is 7.74. The predicted molar refractivity (Wildman–Crippen MR) is 103 cm³/mol. The van der Waals surface area contributed by atoms with E-state index in [0.29, 0.717) is 0 Å². The van der Waals surface area contributed by atoms with E-state index in [0.717, 1.165) is 49.4 Å². The van der Waals surface area contributed by atoms with Crippen LogP contribution in [0.5, 0.6) is 0 Å². The number of alkyl halides is 3. The number of rotatable bonds is 5. The summed E-state index contributed by atoms with van der Waals surface area (Å²) in [4.78, 5) is 11.9. The maximum Gasteiger partial charge on any atom is 0.433 e. The van der Waals surface area contributed by atoms with Crippen molar-refractivity contribution < 1.29 is 13.2 Å². The van der Waals surface area contributed by atoms with E-state index in [1.807, 2.05) is 12.1 Å². The van der Waals surface area contributed by atoms with Crippen LogP contribution in [-0.4, -0.2) is 47.6 Å². The summed E-state index contributed by atoms with van der Waals surface area (Å²) in [7, 11) is 1.78. The van der Waals surface area contributed by atoms with Crippen LogP contribution in [0.3, 0.4) is 0 Å². The maximum absolute atomic E-state index is 12.9. The fraction of sp³-hybridized carbons (Fsp3) is 0.474. The van der Waals surface area contributed by atoms with E-state index in [9.17, 15) is 13.2 Å². The number of halogens is 4. The van der Waals surface area contributed by atoms with Crippen LogP contribution in [0.2, 0.25) is 0 Å². The third kappa shape index (κ3) is 5.42. The van der Waals surface area contributed by atoms with Gasteiger partial charge in [-0.1, -0.05) is 28.1 Å². The van der Waals surface area contributed by atoms with Crippen molar-refractivity contribution in [3.8, 4) is 0 Å². The lowest BCUT2D eigenvalue weighted by atomic mass is 10.0. The summed E-state index contributed by atoms with van der Waals surface area (Å²) >= 11 is 3.44. The first kappa shape index (κ1) is 20.1. The van der Waals surface area contributed by atoms with Gasteiger partial charge in [0.1, 0.15) is 5.69 Å². The number of nitrogens with zero attached hydrogens (tertiary/aromatic N) is 4. The molecule has 1 aromatic carbocycles. The first-order chi connectivity index (χ1) is 12.8. The summed E-state index contributed by atoms with van der Waals surface area (Å²) in [5.41, 5.74) is 0.372. The van der Waals surface area contributed by atoms with Crippen LogP contribution in [0.4, 0.5) is 19.1 Å². The molecule has 1 aliphatic heterocycles. The van der Waals surface area contributed by atoms with Gasteiger partial charge in [-0.2, -0.15) is 13.2 Å². The molecule has 3 rings (SSSR count). The average Bonchev–Trinajstić information content (AvgIpc) is 2.67. The fourth-order valence-electron chi connectivity index (χ4n) is 3.33. The van der Waals surface area contributed by atoms with Crippen LogP contribution in [0, 0.1) is 0 Å². The van der Waals surface area contributed by atoms with E-state index >= 15 is 0 Å². The van der Waals surface area contributed by atoms with E-state index in [4.69, 9.17) is 0 Å². The molecule has 27 heavy (non-hydrogen) atoms. The minimum Gasteiger partial charge on any atom is -0.340 e. The van der Waals surface area contributed by atoms with Crippen LogP contribution in [0.25, 0.3) is 0 Å². The Balaban J connectivity index is 1.61. The van der Waals surface area contributed by atoms with Crippen LogP contribution in [-0.2, 0) is 12.6 Å². The van der Waals surface area contributed by atoms with Gasteiger partial charge in [-0.15, -0.1) is 0 Å². The molecule has 4 nitrogen and oxygen atoms in total. The minimum absolute atomic E-state index is 0.104. The van der Waals surface area contributed by atoms with Gasteiger partial charge in [0.2, 0.25) is 5.95 Å². The first-order valence-electron chi connectivity index (χ1n) is 8.93. The van der Waals surface area contributed by atoms with Crippen molar-refractivity contribution in [3.05, 3.63) is 52.3 Å². The number of benzene rings is 1. The molecule has 0 N–H and O–H groups in total. The molecule has 1 saturated heterocycles. The van der Waals surface area contributed by atoms with E-state index in [1.54, 1.807) is 11.9 Å². The lowest BCUT2D eigenvalue weighted by molar-refractivity contribution is -0.141. The molecule has 0 bridgehead atoms. The summed E-state index contributed by atoms with van der Waals surface area (Å²) in [6.07, 6.45) is -0.402. The Labute approximate surface area is 165 Å². The molecule has 0 amide bonds. The Kier molecular flexibility index (Phi) is 6.37. The summed E-state index contributed by atoms with van der Waals surface area (Å²) in [5, 5.41) is 0. The highest BCUT2D eigenvalue weighted by Gasteiger charge is 2.33. The highest BCUT2D eigenvalue weighted by Crippen LogP contribution is 2.28. The van der Waals surface area contributed by atoms with Gasteiger partial charge in [-0.25, -0.2) is 9.97 Å². The Morgan fingerprint density at radius 3 is 2.67 bits per heavy atom. The standard InChI is InChI=1S/C19H22BrF3N4/c1-26(18-24-10-8-17(25-18)19(21,22)23)16-3-2-11-27(13-16)12-9-14-4-6-15(20)7-5-14/h4-8,10,16H,2-3,9,11-13H2,1H3. The van der Waals surface area contributed by atoms with E-state index in [-0.39, 0.29) is 12.0 Å². The molecule has 1 aliphatic rings. The largest absolute Gasteiger partial charge is 0.433 e. The molecule has 2 aromatic rings. The van der Waals surface area contributed by atoms with E-state index in [1.165, 1.54) is 11.8 Å². The van der Waals surface area contributed by atoms with Crippen molar-refractivity contribution in [2.24, 2.45) is 0 Å². The summed E-state index contributed by atoms with van der Waals surface area (Å²) < 4.78 is 39.8. The molecule has 0 aliphatic carbocycles. The van der Waals surface area contributed by atoms with Crippen LogP contribution in [0.1, 0.15) is 24.1 Å². The number of likely N-dealkylation sites (tertiary alicyclic amines) is 1. The molecule has 1 fully saturated rings. The molecule has 0 spiro atoms. The second kappa shape index (κ2) is 8.56. The molecule has 1 unspecified atom stereocenters. The van der Waals surface area contributed by atoms with Crippen molar-refractivity contribution in [2.45, 2.75) is 31.5 Å². The lowest BCUT2D eigenvalue weighted by Gasteiger charge is -2.37. The quantitative estimate of drug-likeness (QED) is 0.686. The Morgan fingerprint density at radius 1 is 1.22 bits per heavy atom. The molecule has 146 valence electrons. The zero-order chi connectivity index (χ0) is 19.4. The second-order valence-electron chi connectivity index (χ2n) is 6.82. The van der Waals surface area contributed by atoms with Gasteiger partial charge in [-0.05, 0) is 49.6 Å². The smallest absolute Gasteiger partial charge is 0.340 e. The van der Waals surface area contributed by atoms with Gasteiger partial charge in [0, 0.05) is 36.8 Å². The monoisotopic (exact) mass is 442 g/mol. The molecular formula is C19H22BrF3N4. The van der Waals surface area contributed by atoms with E-state index < -0.39 is 11.9 Å². The minimum atomic E-state index is -4.46. The Morgan fingerprint density at radius 2 is 1.96 bits per heavy atom. The Hall–Kier alpha value is -1.67. The van der Waals surface area contributed by atoms with Gasteiger partial charge < -0.3 is 9.80 Å². The first-order valence-corrected chi connectivity index (χ1v) is 9.72. The number of hydrogen-bond donors (Lipinski definition) is 0. The number of aromatic nitrogens is 2. The summed E-state index contributed by atoms with van der Waals surface area (Å²) in [5.74, 6) is 0.129. The molecule has 8 heteroatoms. The molecular weight excluding hydrogens is 421 g/mol. The number of piperidine rings is 1. The highest BCUT2D eigenvalue weighted by atomic mass is 79.9. The zero-order valence-electron chi connectivity index (χ0n) is 15.1. The number of likely N-dealkylation sites (N-methyl/N-ethyl adjacent to an activating group) is 1. The third-order valence-electron chi connectivity index (χ3n) is 4.91. The summed E-state index contributed by atoms with van der Waals surface area (Å²) in [6, 6.07) is 9.29. The topological polar surface area (TPSA) is 32.3 Å². The van der Waals surface area contributed by atoms with Gasteiger partial charge in [0.25, 0.3) is 0 Å². The maximum atomic E-state index is 12.9. The summed E-state index contributed by atoms with van der Waals surface area (Å²) in [6.45, 7) is 2.73. The van der Waals surface area contributed by atoms with Crippen LogP contribution < -0.4 is 4.90 Å². The van der Waals surface area contributed by atoms with Crippen molar-refractivity contribution in [2.75, 3.05) is 31.6 Å². The molecule has 0 saturated carbocycles. The predicted octanol–water partition coefficient (Wildman–Crippen LogP) is 4.40. The molecule has 1 aromatic heterocycles. The van der Waals surface area contributed by atoms with E-state index in [2.05, 4.69) is 42.9 Å².